The lowest BCUT2D eigenvalue weighted by Crippen LogP contribution is -2.48. The molecule has 1 N–H and O–H groups in total. The molecule has 0 aliphatic carbocycles. The monoisotopic (exact) mass is 278 g/mol. The van der Waals surface area contributed by atoms with Crippen LogP contribution in [0.4, 0.5) is 0 Å². The second kappa shape index (κ2) is 6.49. The Morgan fingerprint density at radius 1 is 1.44 bits per heavy atom. The van der Waals surface area contributed by atoms with E-state index in [2.05, 4.69) is 5.32 Å². The Morgan fingerprint density at radius 2 is 2.00 bits per heavy atom. The average Bonchev–Trinajstić information content (AvgIpc) is 2.28. The highest BCUT2D eigenvalue weighted by molar-refractivity contribution is 7.88. The van der Waals surface area contributed by atoms with Gasteiger partial charge < -0.3 is 10.1 Å². The van der Waals surface area contributed by atoms with Gasteiger partial charge in [0.2, 0.25) is 15.9 Å². The SMILES string of the molecule is CCO[C@H](C)C(=O)NC1CCN(S(C)(=O)=O)CC1. The zero-order chi connectivity index (χ0) is 13.8. The molecule has 0 aromatic rings. The summed E-state index contributed by atoms with van der Waals surface area (Å²) < 4.78 is 29.3. The normalized spacial score (nSPS) is 20.6. The summed E-state index contributed by atoms with van der Waals surface area (Å²) in [5.41, 5.74) is 0. The summed E-state index contributed by atoms with van der Waals surface area (Å²) in [7, 11) is -3.11. The molecule has 1 heterocycles. The van der Waals surface area contributed by atoms with Crippen molar-refractivity contribution in [3.63, 3.8) is 0 Å². The summed E-state index contributed by atoms with van der Waals surface area (Å²) in [5, 5.41) is 2.89. The molecule has 1 aliphatic heterocycles. The summed E-state index contributed by atoms with van der Waals surface area (Å²) in [4.78, 5) is 11.7. The van der Waals surface area contributed by atoms with Crippen LogP contribution in [0.25, 0.3) is 0 Å². The maximum absolute atomic E-state index is 11.7. The summed E-state index contributed by atoms with van der Waals surface area (Å²) >= 11 is 0. The van der Waals surface area contributed by atoms with Crippen LogP contribution < -0.4 is 5.32 Å². The smallest absolute Gasteiger partial charge is 0.249 e. The van der Waals surface area contributed by atoms with Crippen LogP contribution in [-0.2, 0) is 19.6 Å². The Kier molecular flexibility index (Phi) is 5.55. The van der Waals surface area contributed by atoms with Crippen molar-refractivity contribution in [1.29, 1.82) is 0 Å². The number of hydrogen-bond acceptors (Lipinski definition) is 4. The van der Waals surface area contributed by atoms with Crippen molar-refractivity contribution in [2.24, 2.45) is 0 Å². The molecule has 106 valence electrons. The highest BCUT2D eigenvalue weighted by atomic mass is 32.2. The molecule has 7 heteroatoms. The lowest BCUT2D eigenvalue weighted by molar-refractivity contribution is -0.132. The van der Waals surface area contributed by atoms with Gasteiger partial charge in [-0.3, -0.25) is 4.79 Å². The topological polar surface area (TPSA) is 75.7 Å². The van der Waals surface area contributed by atoms with Crippen molar-refractivity contribution in [2.45, 2.75) is 38.8 Å². The van der Waals surface area contributed by atoms with Gasteiger partial charge in [0.25, 0.3) is 0 Å². The molecule has 0 aromatic heterocycles. The molecule has 1 amide bonds. The van der Waals surface area contributed by atoms with E-state index in [9.17, 15) is 13.2 Å². The molecule has 1 atom stereocenters. The number of sulfonamides is 1. The van der Waals surface area contributed by atoms with Gasteiger partial charge in [0.05, 0.1) is 6.26 Å². The number of nitrogens with one attached hydrogen (secondary N) is 1. The first-order valence-electron chi connectivity index (χ1n) is 6.21. The van der Waals surface area contributed by atoms with E-state index in [0.29, 0.717) is 32.5 Å². The van der Waals surface area contributed by atoms with Gasteiger partial charge in [0, 0.05) is 25.7 Å². The predicted molar refractivity (Wildman–Crippen MR) is 68.7 cm³/mol. The minimum absolute atomic E-state index is 0.0402. The zero-order valence-corrected chi connectivity index (χ0v) is 12.0. The molecule has 18 heavy (non-hydrogen) atoms. The van der Waals surface area contributed by atoms with Crippen LogP contribution in [0.3, 0.4) is 0 Å². The van der Waals surface area contributed by atoms with Crippen molar-refractivity contribution in [2.75, 3.05) is 26.0 Å². The highest BCUT2D eigenvalue weighted by Crippen LogP contribution is 2.13. The Morgan fingerprint density at radius 3 is 2.44 bits per heavy atom. The molecule has 0 saturated carbocycles. The van der Waals surface area contributed by atoms with E-state index < -0.39 is 16.1 Å². The molecule has 0 bridgehead atoms. The van der Waals surface area contributed by atoms with Crippen molar-refractivity contribution in [3.05, 3.63) is 0 Å². The molecule has 0 radical (unpaired) electrons. The minimum Gasteiger partial charge on any atom is -0.369 e. The molecular formula is C11H22N2O4S. The third-order valence-corrected chi connectivity index (χ3v) is 4.36. The van der Waals surface area contributed by atoms with E-state index in [-0.39, 0.29) is 11.9 Å². The Bertz CT molecular complexity index is 375. The molecular weight excluding hydrogens is 256 g/mol. The van der Waals surface area contributed by atoms with Crippen LogP contribution in [0.15, 0.2) is 0 Å². The van der Waals surface area contributed by atoms with Crippen LogP contribution in [0.5, 0.6) is 0 Å². The van der Waals surface area contributed by atoms with Gasteiger partial charge in [-0.2, -0.15) is 0 Å². The summed E-state index contributed by atoms with van der Waals surface area (Å²) in [5.74, 6) is -0.130. The van der Waals surface area contributed by atoms with Crippen LogP contribution in [-0.4, -0.2) is 56.7 Å². The van der Waals surface area contributed by atoms with Crippen LogP contribution >= 0.6 is 0 Å². The molecule has 1 rings (SSSR count). The second-order valence-corrected chi connectivity index (χ2v) is 6.52. The number of amides is 1. The number of ether oxygens (including phenoxy) is 1. The molecule has 0 aromatic carbocycles. The van der Waals surface area contributed by atoms with Gasteiger partial charge in [0.1, 0.15) is 6.10 Å². The van der Waals surface area contributed by atoms with E-state index in [1.54, 1.807) is 6.92 Å². The number of hydrogen-bond donors (Lipinski definition) is 1. The predicted octanol–water partition coefficient (Wildman–Crippen LogP) is -0.0484. The first kappa shape index (κ1) is 15.4. The fourth-order valence-electron chi connectivity index (χ4n) is 1.98. The van der Waals surface area contributed by atoms with Crippen LogP contribution in [0.2, 0.25) is 0 Å². The van der Waals surface area contributed by atoms with E-state index in [4.69, 9.17) is 4.74 Å². The standard InChI is InChI=1S/C11H22N2O4S/c1-4-17-9(2)11(14)12-10-5-7-13(8-6-10)18(3,15)16/h9-10H,4-8H2,1-3H3,(H,12,14)/t9-/m1/s1. The Labute approximate surface area is 109 Å². The zero-order valence-electron chi connectivity index (χ0n) is 11.2. The van der Waals surface area contributed by atoms with Gasteiger partial charge in [-0.05, 0) is 26.7 Å². The fourth-order valence-corrected chi connectivity index (χ4v) is 2.85. The van der Waals surface area contributed by atoms with E-state index in [1.165, 1.54) is 10.6 Å². The molecule has 1 fully saturated rings. The minimum atomic E-state index is -3.11. The van der Waals surface area contributed by atoms with E-state index in [0.717, 1.165) is 0 Å². The molecule has 1 aliphatic rings. The van der Waals surface area contributed by atoms with Gasteiger partial charge in [-0.15, -0.1) is 0 Å². The van der Waals surface area contributed by atoms with Crippen molar-refractivity contribution >= 4 is 15.9 Å². The van der Waals surface area contributed by atoms with E-state index in [1.807, 2.05) is 6.92 Å². The number of carbonyl (C=O) groups is 1. The molecule has 1 saturated heterocycles. The van der Waals surface area contributed by atoms with Gasteiger partial charge in [-0.1, -0.05) is 0 Å². The second-order valence-electron chi connectivity index (χ2n) is 4.54. The highest BCUT2D eigenvalue weighted by Gasteiger charge is 2.26. The van der Waals surface area contributed by atoms with Gasteiger partial charge in [-0.25, -0.2) is 12.7 Å². The number of piperidine rings is 1. The average molecular weight is 278 g/mol. The van der Waals surface area contributed by atoms with Crippen molar-refractivity contribution in [3.8, 4) is 0 Å². The number of rotatable bonds is 5. The van der Waals surface area contributed by atoms with Crippen molar-refractivity contribution < 1.29 is 17.9 Å². The van der Waals surface area contributed by atoms with Crippen LogP contribution in [0, 0.1) is 0 Å². The third-order valence-electron chi connectivity index (χ3n) is 3.06. The van der Waals surface area contributed by atoms with Crippen molar-refractivity contribution in [1.82, 2.24) is 9.62 Å². The maximum atomic E-state index is 11.7. The third kappa shape index (κ3) is 4.55. The largest absolute Gasteiger partial charge is 0.369 e. The van der Waals surface area contributed by atoms with Gasteiger partial charge >= 0.3 is 0 Å². The summed E-state index contributed by atoms with van der Waals surface area (Å²) in [6.07, 6.45) is 2.06. The van der Waals surface area contributed by atoms with Crippen LogP contribution in [0.1, 0.15) is 26.7 Å². The summed E-state index contributed by atoms with van der Waals surface area (Å²) in [6.45, 7) is 4.99. The quantitative estimate of drug-likeness (QED) is 0.765. The first-order valence-corrected chi connectivity index (χ1v) is 8.06. The fraction of sp³-hybridized carbons (Fsp3) is 0.909. The Balaban J connectivity index is 2.38. The lowest BCUT2D eigenvalue weighted by Gasteiger charge is -2.31. The number of carbonyl (C=O) groups excluding carboxylic acids is 1. The lowest BCUT2D eigenvalue weighted by atomic mass is 10.1. The first-order chi connectivity index (χ1) is 8.34. The maximum Gasteiger partial charge on any atom is 0.249 e. The summed E-state index contributed by atoms with van der Waals surface area (Å²) in [6, 6.07) is 0.0402. The molecule has 6 nitrogen and oxygen atoms in total. The molecule has 0 spiro atoms. The van der Waals surface area contributed by atoms with E-state index >= 15 is 0 Å². The number of nitrogens with zero attached hydrogens (tertiary/aromatic N) is 1. The Hall–Kier alpha value is -0.660. The molecule has 0 unspecified atom stereocenters. The van der Waals surface area contributed by atoms with Gasteiger partial charge in [0.15, 0.2) is 0 Å².